The largest absolute Gasteiger partial charge is 0.508 e. The fraction of sp³-hybridized carbons (Fsp3) is 0.150. The highest BCUT2D eigenvalue weighted by molar-refractivity contribution is 8.18. The number of phenols is 1. The maximum absolute atomic E-state index is 12.3. The van der Waals surface area contributed by atoms with Crippen LogP contribution in [0.3, 0.4) is 0 Å². The number of aliphatic carboxylic acids is 1. The summed E-state index contributed by atoms with van der Waals surface area (Å²) in [5, 5.41) is 21.6. The Kier molecular flexibility index (Phi) is 6.00. The van der Waals surface area contributed by atoms with E-state index >= 15 is 0 Å². The fourth-order valence-electron chi connectivity index (χ4n) is 2.43. The number of thioether (sulfide) groups is 1. The normalized spacial score (nSPS) is 17.5. The topological polar surface area (TPSA) is 108 Å². The Morgan fingerprint density at radius 3 is 2.64 bits per heavy atom. The van der Waals surface area contributed by atoms with Gasteiger partial charge in [-0.2, -0.15) is 0 Å². The highest BCUT2D eigenvalue weighted by Gasteiger charge is 2.25. The zero-order valence-corrected chi connectivity index (χ0v) is 15.8. The average molecular weight is 398 g/mol. The van der Waals surface area contributed by atoms with Gasteiger partial charge in [0.25, 0.3) is 5.91 Å². The minimum atomic E-state index is -1.04. The molecule has 28 heavy (non-hydrogen) atoms. The van der Waals surface area contributed by atoms with Crippen LogP contribution in [0.25, 0.3) is 6.08 Å². The zero-order chi connectivity index (χ0) is 20.1. The predicted molar refractivity (Wildman–Crippen MR) is 108 cm³/mol. The number of nitrogens with zero attached hydrogens (tertiary/aromatic N) is 1. The number of aliphatic imine (C=N–C) groups is 1. The molecule has 1 aliphatic heterocycles. The molecule has 2 aromatic rings. The smallest absolute Gasteiger partial charge is 0.344 e. The molecule has 1 unspecified atom stereocenters. The summed E-state index contributed by atoms with van der Waals surface area (Å²) in [5.41, 5.74) is 1.20. The first kappa shape index (κ1) is 19.5. The number of hydrogen-bond donors (Lipinski definition) is 3. The molecule has 144 valence electrons. The lowest BCUT2D eigenvalue weighted by Crippen LogP contribution is -2.26. The number of benzene rings is 2. The van der Waals surface area contributed by atoms with Gasteiger partial charge in [-0.1, -0.05) is 25.1 Å². The first-order valence-corrected chi connectivity index (χ1v) is 9.35. The van der Waals surface area contributed by atoms with E-state index in [0.29, 0.717) is 33.5 Å². The second-order valence-electron chi connectivity index (χ2n) is 5.89. The number of amidine groups is 1. The molecule has 0 radical (unpaired) electrons. The molecule has 8 heteroatoms. The molecular weight excluding hydrogens is 380 g/mol. The summed E-state index contributed by atoms with van der Waals surface area (Å²) in [5.74, 6) is -0.818. The third-order valence-electron chi connectivity index (χ3n) is 3.85. The van der Waals surface area contributed by atoms with Crippen LogP contribution in [-0.4, -0.2) is 33.4 Å². The Morgan fingerprint density at radius 2 is 1.96 bits per heavy atom. The number of aromatic hydroxyl groups is 1. The van der Waals surface area contributed by atoms with Gasteiger partial charge < -0.3 is 20.3 Å². The van der Waals surface area contributed by atoms with E-state index in [4.69, 9.17) is 4.74 Å². The van der Waals surface area contributed by atoms with Crippen molar-refractivity contribution < 1.29 is 24.5 Å². The first-order valence-electron chi connectivity index (χ1n) is 8.53. The molecule has 3 N–H and O–H groups in total. The molecule has 1 amide bonds. The number of carboxylic acids is 1. The zero-order valence-electron chi connectivity index (χ0n) is 15.0. The molecular formula is C20H18N2O5S. The minimum absolute atomic E-state index is 0.135. The van der Waals surface area contributed by atoms with E-state index in [9.17, 15) is 19.8 Å². The number of nitrogens with one attached hydrogen (secondary N) is 1. The summed E-state index contributed by atoms with van der Waals surface area (Å²) in [6.45, 7) is 1.73. The van der Waals surface area contributed by atoms with Crippen molar-refractivity contribution >= 4 is 40.6 Å². The first-order chi connectivity index (χ1) is 13.5. The highest BCUT2D eigenvalue weighted by atomic mass is 32.2. The van der Waals surface area contributed by atoms with Crippen molar-refractivity contribution in [1.82, 2.24) is 5.32 Å². The summed E-state index contributed by atoms with van der Waals surface area (Å²) in [7, 11) is 0. The Hall–Kier alpha value is -3.26. The molecule has 2 aromatic carbocycles. The third-order valence-corrected chi connectivity index (χ3v) is 4.76. The lowest BCUT2D eigenvalue weighted by atomic mass is 10.1. The van der Waals surface area contributed by atoms with Crippen molar-refractivity contribution in [2.75, 3.05) is 0 Å². The molecule has 3 rings (SSSR count). The Morgan fingerprint density at radius 1 is 1.25 bits per heavy atom. The standard InChI is InChI=1S/C20H18N2O5S/c1-2-15(19(25)26)27-16-6-4-3-5-12(16)11-17-18(24)22-20(28-17)21-13-7-9-14(23)10-8-13/h3-11,15,23H,2H2,1H3,(H,25,26)(H,21,22,24)/b17-11-. The highest BCUT2D eigenvalue weighted by Crippen LogP contribution is 2.31. The van der Waals surface area contributed by atoms with E-state index in [2.05, 4.69) is 10.3 Å². The predicted octanol–water partition coefficient (Wildman–Crippen LogP) is 3.53. The van der Waals surface area contributed by atoms with Crippen molar-refractivity contribution in [1.29, 1.82) is 0 Å². The number of phenolic OH excluding ortho intramolecular Hbond substituents is 1. The van der Waals surface area contributed by atoms with E-state index in [-0.39, 0.29) is 11.7 Å². The van der Waals surface area contributed by atoms with E-state index in [1.54, 1.807) is 49.4 Å². The van der Waals surface area contributed by atoms with Crippen LogP contribution in [0, 0.1) is 0 Å². The number of para-hydroxylation sites is 1. The van der Waals surface area contributed by atoms with E-state index in [0.717, 1.165) is 0 Å². The Labute approximate surface area is 165 Å². The molecule has 0 aromatic heterocycles. The Bertz CT molecular complexity index is 953. The maximum atomic E-state index is 12.3. The number of rotatable bonds is 6. The number of carbonyl (C=O) groups excluding carboxylic acids is 1. The molecule has 1 saturated heterocycles. The molecule has 0 saturated carbocycles. The van der Waals surface area contributed by atoms with E-state index in [1.807, 2.05) is 0 Å². The van der Waals surface area contributed by atoms with Gasteiger partial charge in [0.05, 0.1) is 10.6 Å². The van der Waals surface area contributed by atoms with Gasteiger partial charge in [-0.05, 0) is 54.6 Å². The van der Waals surface area contributed by atoms with E-state index in [1.165, 1.54) is 23.9 Å². The van der Waals surface area contributed by atoms with Gasteiger partial charge in [0.15, 0.2) is 11.3 Å². The third kappa shape index (κ3) is 4.72. The van der Waals surface area contributed by atoms with Gasteiger partial charge in [0.2, 0.25) is 0 Å². The number of hydrogen-bond acceptors (Lipinski definition) is 6. The van der Waals surface area contributed by atoms with Gasteiger partial charge in [-0.15, -0.1) is 0 Å². The molecule has 1 fully saturated rings. The van der Waals surface area contributed by atoms with Gasteiger partial charge in [-0.3, -0.25) is 4.79 Å². The van der Waals surface area contributed by atoms with Crippen molar-refractivity contribution in [3.8, 4) is 11.5 Å². The van der Waals surface area contributed by atoms with Crippen molar-refractivity contribution in [3.63, 3.8) is 0 Å². The van der Waals surface area contributed by atoms with Crippen LogP contribution in [0.15, 0.2) is 58.4 Å². The average Bonchev–Trinajstić information content (AvgIpc) is 3.01. The number of amides is 1. The maximum Gasteiger partial charge on any atom is 0.344 e. The van der Waals surface area contributed by atoms with Gasteiger partial charge in [0, 0.05) is 5.56 Å². The van der Waals surface area contributed by atoms with Crippen molar-refractivity contribution in [2.45, 2.75) is 19.4 Å². The summed E-state index contributed by atoms with van der Waals surface area (Å²) < 4.78 is 5.60. The summed E-state index contributed by atoms with van der Waals surface area (Å²) in [4.78, 5) is 28.3. The monoisotopic (exact) mass is 398 g/mol. The van der Waals surface area contributed by atoms with Gasteiger partial charge in [-0.25, -0.2) is 9.79 Å². The molecule has 0 spiro atoms. The lowest BCUT2D eigenvalue weighted by Gasteiger charge is -2.15. The molecule has 7 nitrogen and oxygen atoms in total. The van der Waals surface area contributed by atoms with Gasteiger partial charge in [0.1, 0.15) is 11.5 Å². The second-order valence-corrected chi connectivity index (χ2v) is 6.92. The second kappa shape index (κ2) is 8.62. The van der Waals surface area contributed by atoms with Crippen LogP contribution in [0.1, 0.15) is 18.9 Å². The Balaban J connectivity index is 1.83. The molecule has 1 aliphatic rings. The molecule has 0 bridgehead atoms. The molecule has 1 atom stereocenters. The SMILES string of the molecule is CCC(Oc1ccccc1/C=C1\SC(=Nc2ccc(O)cc2)NC1=O)C(=O)O. The van der Waals surface area contributed by atoms with Crippen LogP contribution in [-0.2, 0) is 9.59 Å². The van der Waals surface area contributed by atoms with Crippen LogP contribution < -0.4 is 10.1 Å². The van der Waals surface area contributed by atoms with Crippen LogP contribution in [0.4, 0.5) is 5.69 Å². The molecule has 0 aliphatic carbocycles. The lowest BCUT2D eigenvalue weighted by molar-refractivity contribution is -0.145. The minimum Gasteiger partial charge on any atom is -0.508 e. The number of ether oxygens (including phenoxy) is 1. The van der Waals surface area contributed by atoms with Crippen molar-refractivity contribution in [3.05, 3.63) is 59.0 Å². The fourth-order valence-corrected chi connectivity index (χ4v) is 3.27. The number of carboxylic acid groups (broad SMARTS) is 1. The summed E-state index contributed by atoms with van der Waals surface area (Å²) in [6, 6.07) is 13.2. The van der Waals surface area contributed by atoms with Gasteiger partial charge >= 0.3 is 5.97 Å². The quantitative estimate of drug-likeness (QED) is 0.643. The van der Waals surface area contributed by atoms with Crippen LogP contribution in [0.5, 0.6) is 11.5 Å². The van der Waals surface area contributed by atoms with Crippen molar-refractivity contribution in [2.24, 2.45) is 4.99 Å². The van der Waals surface area contributed by atoms with Crippen LogP contribution in [0.2, 0.25) is 0 Å². The summed E-state index contributed by atoms with van der Waals surface area (Å²) in [6.07, 6.45) is 0.999. The molecule has 1 heterocycles. The summed E-state index contributed by atoms with van der Waals surface area (Å²) >= 11 is 1.17. The van der Waals surface area contributed by atoms with E-state index < -0.39 is 12.1 Å². The number of carbonyl (C=O) groups is 2. The van der Waals surface area contributed by atoms with Crippen LogP contribution >= 0.6 is 11.8 Å².